The molecule has 1 fully saturated rings. The highest BCUT2D eigenvalue weighted by Crippen LogP contribution is 2.36. The van der Waals surface area contributed by atoms with Crippen LogP contribution in [0.15, 0.2) is 82.2 Å². The van der Waals surface area contributed by atoms with E-state index in [9.17, 15) is 14.4 Å². The number of ether oxygens (including phenoxy) is 2. The van der Waals surface area contributed by atoms with Crippen molar-refractivity contribution in [3.63, 3.8) is 0 Å². The molecular formula is C26H20BrNO5S. The van der Waals surface area contributed by atoms with Crippen molar-refractivity contribution >= 4 is 50.9 Å². The Morgan fingerprint density at radius 2 is 1.74 bits per heavy atom. The fraction of sp³-hybridized carbons (Fsp3) is 0.115. The SMILES string of the molecule is CCOc1cc(/C=C2\SC(=O)N(Cc3ccccc3Br)C2=O)ccc1OC(=O)c1ccccc1. The molecule has 0 saturated carbocycles. The highest BCUT2D eigenvalue weighted by atomic mass is 79.9. The molecule has 3 aromatic carbocycles. The Morgan fingerprint density at radius 3 is 2.47 bits per heavy atom. The molecule has 172 valence electrons. The molecule has 34 heavy (non-hydrogen) atoms. The summed E-state index contributed by atoms with van der Waals surface area (Å²) in [5, 5.41) is -0.328. The van der Waals surface area contributed by atoms with Gasteiger partial charge in [0.2, 0.25) is 0 Å². The van der Waals surface area contributed by atoms with Gasteiger partial charge in [-0.2, -0.15) is 0 Å². The summed E-state index contributed by atoms with van der Waals surface area (Å²) < 4.78 is 12.0. The molecule has 0 spiro atoms. The number of rotatable bonds is 7. The van der Waals surface area contributed by atoms with Crippen LogP contribution in [-0.4, -0.2) is 28.6 Å². The Morgan fingerprint density at radius 1 is 1.00 bits per heavy atom. The molecule has 0 atom stereocenters. The van der Waals surface area contributed by atoms with E-state index < -0.39 is 5.97 Å². The Hall–Kier alpha value is -3.36. The molecule has 1 saturated heterocycles. The summed E-state index contributed by atoms with van der Waals surface area (Å²) in [4.78, 5) is 39.4. The van der Waals surface area contributed by atoms with Crippen molar-refractivity contribution in [2.24, 2.45) is 0 Å². The summed E-state index contributed by atoms with van der Waals surface area (Å²) >= 11 is 4.34. The maximum absolute atomic E-state index is 12.9. The van der Waals surface area contributed by atoms with Crippen LogP contribution in [0.5, 0.6) is 11.5 Å². The number of hydrogen-bond acceptors (Lipinski definition) is 6. The molecule has 2 amide bonds. The number of amides is 2. The third-order valence-corrected chi connectivity index (χ3v) is 6.62. The molecule has 1 aliphatic rings. The molecule has 0 aromatic heterocycles. The van der Waals surface area contributed by atoms with Crippen LogP contribution in [0.2, 0.25) is 0 Å². The monoisotopic (exact) mass is 537 g/mol. The summed E-state index contributed by atoms with van der Waals surface area (Å²) in [6, 6.07) is 21.1. The molecule has 6 nitrogen and oxygen atoms in total. The summed E-state index contributed by atoms with van der Waals surface area (Å²) in [6.45, 7) is 2.37. The van der Waals surface area contributed by atoms with E-state index in [4.69, 9.17) is 9.47 Å². The lowest BCUT2D eigenvalue weighted by Crippen LogP contribution is -2.27. The second-order valence-electron chi connectivity index (χ2n) is 7.25. The van der Waals surface area contributed by atoms with Crippen LogP contribution in [0.3, 0.4) is 0 Å². The number of carbonyl (C=O) groups excluding carboxylic acids is 3. The zero-order valence-corrected chi connectivity index (χ0v) is 20.6. The van der Waals surface area contributed by atoms with E-state index in [1.54, 1.807) is 48.5 Å². The second-order valence-corrected chi connectivity index (χ2v) is 9.10. The maximum Gasteiger partial charge on any atom is 0.343 e. The highest BCUT2D eigenvalue weighted by molar-refractivity contribution is 9.10. The van der Waals surface area contributed by atoms with Crippen molar-refractivity contribution in [2.75, 3.05) is 6.61 Å². The highest BCUT2D eigenvalue weighted by Gasteiger charge is 2.35. The van der Waals surface area contributed by atoms with Gasteiger partial charge < -0.3 is 9.47 Å². The van der Waals surface area contributed by atoms with Crippen molar-refractivity contribution in [1.29, 1.82) is 0 Å². The van der Waals surface area contributed by atoms with Gasteiger partial charge in [0.15, 0.2) is 11.5 Å². The van der Waals surface area contributed by atoms with Gasteiger partial charge in [-0.05, 0) is 66.2 Å². The average molecular weight is 538 g/mol. The van der Waals surface area contributed by atoms with Crippen molar-refractivity contribution in [3.05, 3.63) is 98.9 Å². The first-order valence-electron chi connectivity index (χ1n) is 10.5. The van der Waals surface area contributed by atoms with Crippen LogP contribution in [0.25, 0.3) is 6.08 Å². The quantitative estimate of drug-likeness (QED) is 0.200. The van der Waals surface area contributed by atoms with Gasteiger partial charge >= 0.3 is 5.97 Å². The third kappa shape index (κ3) is 5.40. The van der Waals surface area contributed by atoms with Gasteiger partial charge in [-0.1, -0.05) is 58.4 Å². The zero-order valence-electron chi connectivity index (χ0n) is 18.2. The molecule has 0 bridgehead atoms. The van der Waals surface area contributed by atoms with E-state index in [1.165, 1.54) is 4.90 Å². The number of carbonyl (C=O) groups is 3. The zero-order chi connectivity index (χ0) is 24.1. The number of benzene rings is 3. The fourth-order valence-electron chi connectivity index (χ4n) is 3.28. The average Bonchev–Trinajstić information content (AvgIpc) is 3.10. The molecule has 0 unspecified atom stereocenters. The van der Waals surface area contributed by atoms with Crippen LogP contribution in [-0.2, 0) is 11.3 Å². The Bertz CT molecular complexity index is 1280. The number of hydrogen-bond donors (Lipinski definition) is 0. The lowest BCUT2D eigenvalue weighted by molar-refractivity contribution is -0.123. The van der Waals surface area contributed by atoms with E-state index in [-0.39, 0.29) is 23.4 Å². The van der Waals surface area contributed by atoms with Gasteiger partial charge in [0, 0.05) is 4.47 Å². The van der Waals surface area contributed by atoms with E-state index >= 15 is 0 Å². The minimum atomic E-state index is -0.498. The predicted molar refractivity (Wildman–Crippen MR) is 135 cm³/mol. The summed E-state index contributed by atoms with van der Waals surface area (Å²) in [7, 11) is 0. The molecule has 0 aliphatic carbocycles. The van der Waals surface area contributed by atoms with Crippen LogP contribution < -0.4 is 9.47 Å². The van der Waals surface area contributed by atoms with Gasteiger partial charge in [0.05, 0.1) is 23.6 Å². The normalized spacial score (nSPS) is 14.5. The van der Waals surface area contributed by atoms with Crippen molar-refractivity contribution in [1.82, 2.24) is 4.90 Å². The van der Waals surface area contributed by atoms with E-state index in [2.05, 4.69) is 15.9 Å². The van der Waals surface area contributed by atoms with Gasteiger partial charge in [-0.25, -0.2) is 4.79 Å². The number of esters is 1. The van der Waals surface area contributed by atoms with Crippen LogP contribution >= 0.6 is 27.7 Å². The molecule has 0 radical (unpaired) electrons. The van der Waals surface area contributed by atoms with Crippen LogP contribution in [0.1, 0.15) is 28.4 Å². The first kappa shape index (κ1) is 23.8. The van der Waals surface area contributed by atoms with Gasteiger partial charge in [-0.15, -0.1) is 0 Å². The van der Waals surface area contributed by atoms with E-state index in [0.29, 0.717) is 28.4 Å². The smallest absolute Gasteiger partial charge is 0.343 e. The lowest BCUT2D eigenvalue weighted by atomic mass is 10.1. The summed E-state index contributed by atoms with van der Waals surface area (Å²) in [6.07, 6.45) is 1.64. The Labute approximate surface area is 209 Å². The largest absolute Gasteiger partial charge is 0.490 e. The Balaban J connectivity index is 1.54. The standard InChI is InChI=1S/C26H20BrNO5S/c1-2-32-22-14-17(12-13-21(22)33-25(30)18-8-4-3-5-9-18)15-23-24(29)28(26(31)34-23)16-19-10-6-7-11-20(19)27/h3-15H,2,16H2,1H3/b23-15-. The summed E-state index contributed by atoms with van der Waals surface area (Å²) in [5.41, 5.74) is 1.91. The number of nitrogens with zero attached hydrogens (tertiary/aromatic N) is 1. The molecule has 3 aromatic rings. The van der Waals surface area contributed by atoms with Crippen molar-refractivity contribution < 1.29 is 23.9 Å². The second kappa shape index (κ2) is 10.7. The third-order valence-electron chi connectivity index (χ3n) is 4.94. The minimum Gasteiger partial charge on any atom is -0.490 e. The molecule has 1 heterocycles. The van der Waals surface area contributed by atoms with Gasteiger partial charge in [0.25, 0.3) is 11.1 Å². The van der Waals surface area contributed by atoms with Gasteiger partial charge in [-0.3, -0.25) is 14.5 Å². The summed E-state index contributed by atoms with van der Waals surface area (Å²) in [5.74, 6) is -0.214. The maximum atomic E-state index is 12.9. The number of thioether (sulfide) groups is 1. The predicted octanol–water partition coefficient (Wildman–Crippen LogP) is 6.30. The van der Waals surface area contributed by atoms with Gasteiger partial charge in [0.1, 0.15) is 0 Å². The van der Waals surface area contributed by atoms with E-state index in [0.717, 1.165) is 21.8 Å². The number of halogens is 1. The molecule has 8 heteroatoms. The Kier molecular flexibility index (Phi) is 7.49. The first-order valence-corrected chi connectivity index (χ1v) is 12.1. The fourth-order valence-corrected chi connectivity index (χ4v) is 4.53. The van der Waals surface area contributed by atoms with Crippen molar-refractivity contribution in [3.8, 4) is 11.5 Å². The topological polar surface area (TPSA) is 72.9 Å². The molecule has 0 N–H and O–H groups in total. The van der Waals surface area contributed by atoms with E-state index in [1.807, 2.05) is 37.3 Å². The minimum absolute atomic E-state index is 0.183. The number of imide groups is 1. The lowest BCUT2D eigenvalue weighted by Gasteiger charge is -2.13. The molecular weight excluding hydrogens is 518 g/mol. The first-order chi connectivity index (χ1) is 16.5. The van der Waals surface area contributed by atoms with Crippen LogP contribution in [0.4, 0.5) is 4.79 Å². The molecule has 1 aliphatic heterocycles. The molecule has 4 rings (SSSR count). The van der Waals surface area contributed by atoms with Crippen molar-refractivity contribution in [2.45, 2.75) is 13.5 Å². The van der Waals surface area contributed by atoms with Crippen LogP contribution in [0, 0.1) is 0 Å².